The summed E-state index contributed by atoms with van der Waals surface area (Å²) in [6, 6.07) is 6.58. The number of Topliss-reactive ketones (excluding diaryl/α,β-unsaturated/α-hetero) is 1. The van der Waals surface area contributed by atoms with Crippen molar-refractivity contribution in [3.05, 3.63) is 65.3 Å². The van der Waals surface area contributed by atoms with Gasteiger partial charge < -0.3 is 25.0 Å². The van der Waals surface area contributed by atoms with E-state index >= 15 is 0 Å². The third-order valence-corrected chi connectivity index (χ3v) is 15.7. The number of nitrogens with zero attached hydrogens (tertiary/aromatic N) is 2. The first-order valence-corrected chi connectivity index (χ1v) is 24.8. The van der Waals surface area contributed by atoms with Crippen LogP contribution in [0.1, 0.15) is 128 Å². The van der Waals surface area contributed by atoms with E-state index in [0.29, 0.717) is 43.2 Å². The van der Waals surface area contributed by atoms with Gasteiger partial charge in [0.2, 0.25) is 5.71 Å². The number of benzene rings is 1. The molecule has 3 amide bonds. The number of carbonyl (C=O) groups excluding carboxylic acids is 4. The Kier molecular flexibility index (Phi) is 17.3. The maximum atomic E-state index is 14.2. The van der Waals surface area contributed by atoms with Crippen molar-refractivity contribution in [3.8, 4) is 30.9 Å². The molecule has 0 saturated carbocycles. The van der Waals surface area contributed by atoms with Crippen LogP contribution in [0.3, 0.4) is 0 Å². The Bertz CT molecular complexity index is 2150. The number of rotatable bonds is 20. The first-order chi connectivity index (χ1) is 31.5. The minimum atomic E-state index is -0.841. The van der Waals surface area contributed by atoms with Crippen molar-refractivity contribution < 1.29 is 38.2 Å². The molecular formula is C53H69N4O7S+. The lowest BCUT2D eigenvalue weighted by molar-refractivity contribution is -0.761. The Hall–Kier alpha value is -5.20. The highest BCUT2D eigenvalue weighted by atomic mass is 32.2. The van der Waals surface area contributed by atoms with E-state index in [0.717, 1.165) is 105 Å². The number of amides is 3. The Morgan fingerprint density at radius 2 is 1.86 bits per heavy atom. The van der Waals surface area contributed by atoms with Gasteiger partial charge in [-0.3, -0.25) is 19.2 Å². The molecule has 1 aromatic carbocycles. The average molecular weight is 906 g/mol. The van der Waals surface area contributed by atoms with Crippen molar-refractivity contribution in [1.82, 2.24) is 15.5 Å². The quantitative estimate of drug-likeness (QED) is 0.0254. The number of allylic oxidation sites excluding steroid dienone is 3. The van der Waals surface area contributed by atoms with E-state index in [2.05, 4.69) is 66.7 Å². The molecule has 2 N–H and O–H groups in total. The zero-order valence-corrected chi connectivity index (χ0v) is 39.7. The molecule has 6 aliphatic rings. The van der Waals surface area contributed by atoms with Gasteiger partial charge >= 0.3 is 12.0 Å². The maximum Gasteiger partial charge on any atom is 0.315 e. The fourth-order valence-electron chi connectivity index (χ4n) is 10.5. The third kappa shape index (κ3) is 11.3. The van der Waals surface area contributed by atoms with Crippen LogP contribution >= 0.6 is 11.8 Å². The molecule has 4 unspecified atom stereocenters. The van der Waals surface area contributed by atoms with Gasteiger partial charge in [-0.05, 0) is 99.3 Å². The molecule has 2 bridgehead atoms. The summed E-state index contributed by atoms with van der Waals surface area (Å²) in [6.45, 7) is 4.83. The summed E-state index contributed by atoms with van der Waals surface area (Å²) in [7, 11) is 3.45. The van der Waals surface area contributed by atoms with Gasteiger partial charge in [-0.15, -0.1) is 19.3 Å². The Morgan fingerprint density at radius 1 is 1.08 bits per heavy atom. The maximum absolute atomic E-state index is 14.2. The Balaban J connectivity index is 0.00000345. The van der Waals surface area contributed by atoms with Gasteiger partial charge in [0, 0.05) is 47.4 Å². The van der Waals surface area contributed by atoms with Crippen LogP contribution < -0.4 is 15.4 Å². The minimum absolute atomic E-state index is 0.0172. The molecule has 7 atom stereocenters. The van der Waals surface area contributed by atoms with Crippen LogP contribution in [0.2, 0.25) is 0 Å². The Labute approximate surface area is 391 Å². The molecule has 65 heavy (non-hydrogen) atoms. The number of carbonyl (C=O) groups is 4. The SMILES string of the molecule is C#C.C#C[C@H]1/C(=[N+](/C)OC)C(c2ccc3c(c2)C=CC(CC)(C/C=C/CCCCCCCCOC(=O)CCCC[C@@H]2SCC4NC(=O)NC42)O3)=CC2=CC1C[C@]1(C(C)=O)CCCN1C2=O. The molecule has 1 aliphatic carbocycles. The van der Waals surface area contributed by atoms with Crippen LogP contribution in [0, 0.1) is 37.0 Å². The first kappa shape index (κ1) is 49.2. The smallest absolute Gasteiger partial charge is 0.315 e. The van der Waals surface area contributed by atoms with Gasteiger partial charge in [-0.2, -0.15) is 11.8 Å². The van der Waals surface area contributed by atoms with Crippen molar-refractivity contribution >= 4 is 52.8 Å². The van der Waals surface area contributed by atoms with Crippen LogP contribution in [-0.4, -0.2) is 101 Å². The van der Waals surface area contributed by atoms with Gasteiger partial charge in [-0.25, -0.2) is 4.79 Å². The first-order valence-electron chi connectivity index (χ1n) is 23.7. The van der Waals surface area contributed by atoms with Crippen molar-refractivity contribution in [3.63, 3.8) is 0 Å². The van der Waals surface area contributed by atoms with Crippen molar-refractivity contribution in [2.75, 3.05) is 33.1 Å². The van der Waals surface area contributed by atoms with E-state index in [1.165, 1.54) is 12.8 Å². The molecule has 11 nitrogen and oxygen atoms in total. The van der Waals surface area contributed by atoms with E-state index in [1.54, 1.807) is 23.7 Å². The highest BCUT2D eigenvalue weighted by molar-refractivity contribution is 8.00. The van der Waals surface area contributed by atoms with Gasteiger partial charge in [0.15, 0.2) is 12.8 Å². The number of unbranched alkanes of at least 4 members (excludes halogenated alkanes) is 7. The molecule has 3 fully saturated rings. The molecule has 0 aromatic heterocycles. The van der Waals surface area contributed by atoms with Crippen LogP contribution in [0.4, 0.5) is 4.79 Å². The normalized spacial score (nSPS) is 28.1. The molecule has 0 radical (unpaired) electrons. The monoisotopic (exact) mass is 905 g/mol. The van der Waals surface area contributed by atoms with E-state index in [4.69, 9.17) is 20.7 Å². The lowest BCUT2D eigenvalue weighted by Gasteiger charge is -2.37. The predicted octanol–water partition coefficient (Wildman–Crippen LogP) is 8.62. The Morgan fingerprint density at radius 3 is 2.62 bits per heavy atom. The second-order valence-corrected chi connectivity index (χ2v) is 19.5. The summed E-state index contributed by atoms with van der Waals surface area (Å²) in [6.07, 6.45) is 41.6. The molecule has 1 aromatic rings. The molecule has 5 aliphatic heterocycles. The summed E-state index contributed by atoms with van der Waals surface area (Å²) in [5.74, 6) is 3.97. The molecule has 348 valence electrons. The number of hydrogen-bond donors (Lipinski definition) is 2. The van der Waals surface area contributed by atoms with Crippen molar-refractivity contribution in [1.29, 1.82) is 0 Å². The van der Waals surface area contributed by atoms with Gasteiger partial charge in [0.05, 0.1) is 24.3 Å². The van der Waals surface area contributed by atoms with Gasteiger partial charge in [0.25, 0.3) is 5.91 Å². The molecule has 7 rings (SSSR count). The number of nitrogens with one attached hydrogen (secondary N) is 2. The number of urea groups is 1. The number of ketones is 1. The fraction of sp³-hybridized carbons (Fsp3) is 0.566. The molecule has 0 spiro atoms. The van der Waals surface area contributed by atoms with Crippen molar-refractivity contribution in [2.24, 2.45) is 11.8 Å². The summed E-state index contributed by atoms with van der Waals surface area (Å²) in [4.78, 5) is 58.7. The molecule has 5 heterocycles. The number of thioether (sulfide) groups is 1. The fourth-order valence-corrected chi connectivity index (χ4v) is 12.0. The number of esters is 1. The second-order valence-electron chi connectivity index (χ2n) is 18.2. The van der Waals surface area contributed by atoms with E-state index in [-0.39, 0.29) is 41.7 Å². The molecule has 3 saturated heterocycles. The van der Waals surface area contributed by atoms with Gasteiger partial charge in [-0.1, -0.05) is 75.3 Å². The lowest BCUT2D eigenvalue weighted by atomic mass is 9.75. The number of terminal acetylenes is 2. The lowest BCUT2D eigenvalue weighted by Crippen LogP contribution is -2.53. The van der Waals surface area contributed by atoms with Crippen LogP contribution in [0.15, 0.2) is 54.2 Å². The van der Waals surface area contributed by atoms with Crippen LogP contribution in [0.5, 0.6) is 5.75 Å². The highest BCUT2D eigenvalue weighted by Gasteiger charge is 2.53. The number of hydrogen-bond acceptors (Lipinski definition) is 8. The van der Waals surface area contributed by atoms with E-state index < -0.39 is 17.1 Å². The summed E-state index contributed by atoms with van der Waals surface area (Å²) >= 11 is 1.91. The summed E-state index contributed by atoms with van der Waals surface area (Å²) in [5, 5.41) is 6.44. The largest absolute Gasteiger partial charge is 0.482 e. The van der Waals surface area contributed by atoms with Crippen LogP contribution in [0.25, 0.3) is 11.6 Å². The van der Waals surface area contributed by atoms with E-state index in [1.807, 2.05) is 43.1 Å². The second kappa shape index (κ2) is 22.8. The predicted molar refractivity (Wildman–Crippen MR) is 259 cm³/mol. The zero-order chi connectivity index (χ0) is 46.6. The minimum Gasteiger partial charge on any atom is -0.482 e. The van der Waals surface area contributed by atoms with Gasteiger partial charge in [0.1, 0.15) is 29.9 Å². The van der Waals surface area contributed by atoms with Crippen LogP contribution in [-0.2, 0) is 24.0 Å². The number of ether oxygens (including phenoxy) is 2. The summed E-state index contributed by atoms with van der Waals surface area (Å²) < 4.78 is 13.9. The number of hydroxylamine groups is 1. The number of fused-ring (bicyclic) bond motifs is 4. The molecular weight excluding hydrogens is 837 g/mol. The third-order valence-electron chi connectivity index (χ3n) is 14.2. The zero-order valence-electron chi connectivity index (χ0n) is 38.9. The highest BCUT2D eigenvalue weighted by Crippen LogP contribution is 2.46. The average Bonchev–Trinajstić information content (AvgIpc) is 3.98. The van der Waals surface area contributed by atoms with E-state index in [9.17, 15) is 19.2 Å². The standard InChI is InChI=1S/C51H66N4O7S.C2H2/c1-6-40-39-31-38(48(58)55-28-19-26-51(55,33-39)35(3)56)32-41(47(40)54(4)60-5)36-22-23-43-37(30-36)24-27-50(7-2,62-43)25-17-13-11-9-8-10-12-14-18-29-61-45(57)21-16-15-20-44-46-42(34-63-44)52-49(59)53-46;1-2/h1,13,17,22-24,27,30-32,39-40,42,44,46H,7-12,14-16,18-21,25-26,28-29,33-34H2,2-5H3,(H-,52,53,59);1-2H/p+1/b17-13+,54-47+;/t39?,40-,42?,44+,46?,50?,51+;/m1./s1. The molecule has 12 heteroatoms. The van der Waals surface area contributed by atoms with Crippen molar-refractivity contribution in [2.45, 2.75) is 145 Å². The summed E-state index contributed by atoms with van der Waals surface area (Å²) in [5.41, 5.74) is 2.76. The topological polar surface area (TPSA) is 126 Å².